The first kappa shape index (κ1) is 26.0. The molecule has 3 rings (SSSR count). The lowest BCUT2D eigenvalue weighted by Crippen LogP contribution is -2.36. The molecule has 2 amide bonds. The fourth-order valence-electron chi connectivity index (χ4n) is 4.64. The summed E-state index contributed by atoms with van der Waals surface area (Å²) < 4.78 is 5.57. The van der Waals surface area contributed by atoms with Crippen molar-refractivity contribution in [3.05, 3.63) is 72.3 Å². The highest BCUT2D eigenvalue weighted by Crippen LogP contribution is 2.44. The molecule has 1 aliphatic carbocycles. The second-order valence-electron chi connectivity index (χ2n) is 8.81. The van der Waals surface area contributed by atoms with Crippen LogP contribution in [0.25, 0.3) is 11.1 Å². The van der Waals surface area contributed by atoms with Crippen LogP contribution in [0.15, 0.2) is 61.2 Å². The van der Waals surface area contributed by atoms with Gasteiger partial charge in [0.25, 0.3) is 0 Å². The molecule has 0 saturated heterocycles. The average molecular weight is 479 g/mol. The summed E-state index contributed by atoms with van der Waals surface area (Å²) in [5.41, 5.74) is 4.72. The topological polar surface area (TPSA) is 95.9 Å². The standard InChI is InChI=1S/C28H34N2O5/c1-3-17-30(18-27(32)33)26(31)14-13-20(4-2)15-16-29-28(34)35-19-25-23-11-7-5-9-21(23)22-10-6-8-12-24(22)25/h3,5-12,20,25H,1,4,13-19H2,2H3,(H,29,34)(H,32,33). The summed E-state index contributed by atoms with van der Waals surface area (Å²) >= 11 is 0. The van der Waals surface area contributed by atoms with Crippen molar-refractivity contribution in [2.75, 3.05) is 26.2 Å². The average Bonchev–Trinajstić information content (AvgIpc) is 3.17. The van der Waals surface area contributed by atoms with Crippen LogP contribution in [0.1, 0.15) is 49.7 Å². The van der Waals surface area contributed by atoms with Crippen LogP contribution < -0.4 is 5.32 Å². The number of ether oxygens (including phenoxy) is 1. The molecule has 0 bridgehead atoms. The van der Waals surface area contributed by atoms with Crippen molar-refractivity contribution in [2.24, 2.45) is 5.92 Å². The van der Waals surface area contributed by atoms with Crippen molar-refractivity contribution in [3.63, 3.8) is 0 Å². The van der Waals surface area contributed by atoms with E-state index in [1.165, 1.54) is 33.2 Å². The predicted octanol–water partition coefficient (Wildman–Crippen LogP) is 4.82. The van der Waals surface area contributed by atoms with E-state index in [4.69, 9.17) is 9.84 Å². The highest BCUT2D eigenvalue weighted by molar-refractivity contribution is 5.81. The number of nitrogens with one attached hydrogen (secondary N) is 1. The number of hydrogen-bond acceptors (Lipinski definition) is 4. The lowest BCUT2D eigenvalue weighted by molar-refractivity contribution is -0.144. The second kappa shape index (κ2) is 12.7. The van der Waals surface area contributed by atoms with Gasteiger partial charge in [-0.05, 0) is 41.0 Å². The lowest BCUT2D eigenvalue weighted by atomic mass is 9.96. The largest absolute Gasteiger partial charge is 0.480 e. The summed E-state index contributed by atoms with van der Waals surface area (Å²) in [6.07, 6.45) is 3.56. The number of aliphatic carboxylic acids is 1. The van der Waals surface area contributed by atoms with Crippen LogP contribution in [0.2, 0.25) is 0 Å². The van der Waals surface area contributed by atoms with Crippen molar-refractivity contribution in [2.45, 2.75) is 38.5 Å². The molecule has 0 aromatic heterocycles. The Kier molecular flexibility index (Phi) is 9.47. The third-order valence-electron chi connectivity index (χ3n) is 6.54. The molecule has 2 N–H and O–H groups in total. The normalized spacial score (nSPS) is 12.8. The van der Waals surface area contributed by atoms with Crippen molar-refractivity contribution in [3.8, 4) is 11.1 Å². The van der Waals surface area contributed by atoms with Crippen LogP contribution in [-0.2, 0) is 14.3 Å². The number of amides is 2. The van der Waals surface area contributed by atoms with Gasteiger partial charge in [0.05, 0.1) is 0 Å². The monoisotopic (exact) mass is 478 g/mol. The predicted molar refractivity (Wildman–Crippen MR) is 135 cm³/mol. The van der Waals surface area contributed by atoms with Crippen molar-refractivity contribution >= 4 is 18.0 Å². The Morgan fingerprint density at radius 2 is 1.71 bits per heavy atom. The molecule has 0 heterocycles. The second-order valence-corrected chi connectivity index (χ2v) is 8.81. The highest BCUT2D eigenvalue weighted by atomic mass is 16.5. The first-order valence-corrected chi connectivity index (χ1v) is 12.1. The fourth-order valence-corrected chi connectivity index (χ4v) is 4.64. The molecule has 0 fully saturated rings. The Labute approximate surface area is 206 Å². The summed E-state index contributed by atoms with van der Waals surface area (Å²) in [7, 11) is 0. The van der Waals surface area contributed by atoms with Crippen molar-refractivity contribution in [1.29, 1.82) is 0 Å². The van der Waals surface area contributed by atoms with E-state index in [0.717, 1.165) is 6.42 Å². The van der Waals surface area contributed by atoms with Crippen LogP contribution in [0.3, 0.4) is 0 Å². The van der Waals surface area contributed by atoms with Gasteiger partial charge in [0, 0.05) is 25.4 Å². The van der Waals surface area contributed by atoms with Gasteiger partial charge in [-0.15, -0.1) is 6.58 Å². The van der Waals surface area contributed by atoms with Gasteiger partial charge in [-0.25, -0.2) is 4.79 Å². The minimum absolute atomic E-state index is 0.0202. The Morgan fingerprint density at radius 3 is 2.29 bits per heavy atom. The summed E-state index contributed by atoms with van der Waals surface area (Å²) in [4.78, 5) is 37.0. The molecule has 7 heteroatoms. The van der Waals surface area contributed by atoms with E-state index in [1.807, 2.05) is 31.2 Å². The van der Waals surface area contributed by atoms with Gasteiger partial charge in [-0.3, -0.25) is 9.59 Å². The van der Waals surface area contributed by atoms with Gasteiger partial charge >= 0.3 is 12.1 Å². The molecule has 1 aliphatic rings. The molecule has 186 valence electrons. The third kappa shape index (κ3) is 6.94. The molecule has 1 unspecified atom stereocenters. The number of carboxylic acids is 1. The van der Waals surface area contributed by atoms with Crippen molar-refractivity contribution < 1.29 is 24.2 Å². The maximum absolute atomic E-state index is 12.4. The molecule has 7 nitrogen and oxygen atoms in total. The fraction of sp³-hybridized carbons (Fsp3) is 0.393. The number of hydrogen-bond donors (Lipinski definition) is 2. The Morgan fingerprint density at radius 1 is 1.09 bits per heavy atom. The number of fused-ring (bicyclic) bond motifs is 3. The van der Waals surface area contributed by atoms with Gasteiger partial charge in [0.15, 0.2) is 0 Å². The zero-order chi connectivity index (χ0) is 25.2. The van der Waals surface area contributed by atoms with E-state index in [2.05, 4.69) is 36.2 Å². The van der Waals surface area contributed by atoms with Gasteiger partial charge in [-0.2, -0.15) is 0 Å². The zero-order valence-electron chi connectivity index (χ0n) is 20.2. The van der Waals surface area contributed by atoms with Crippen LogP contribution in [0.5, 0.6) is 0 Å². The van der Waals surface area contributed by atoms with Gasteiger partial charge in [0.1, 0.15) is 13.2 Å². The number of alkyl carbamates (subject to hydrolysis) is 1. The highest BCUT2D eigenvalue weighted by Gasteiger charge is 2.29. The van der Waals surface area contributed by atoms with E-state index in [1.54, 1.807) is 0 Å². The van der Waals surface area contributed by atoms with E-state index < -0.39 is 12.1 Å². The van der Waals surface area contributed by atoms with E-state index in [-0.39, 0.29) is 43.9 Å². The zero-order valence-corrected chi connectivity index (χ0v) is 20.2. The van der Waals surface area contributed by atoms with Gasteiger partial charge in [-0.1, -0.05) is 68.0 Å². The summed E-state index contributed by atoms with van der Waals surface area (Å²) in [5.74, 6) is -0.982. The molecule has 2 aromatic rings. The molecular formula is C28H34N2O5. The minimum Gasteiger partial charge on any atom is -0.480 e. The number of carbonyl (C=O) groups is 3. The molecule has 0 aliphatic heterocycles. The van der Waals surface area contributed by atoms with Gasteiger partial charge < -0.3 is 20.1 Å². The minimum atomic E-state index is -1.04. The molecule has 2 aromatic carbocycles. The Balaban J connectivity index is 1.43. The molecule has 0 spiro atoms. The van der Waals surface area contributed by atoms with Crippen LogP contribution >= 0.6 is 0 Å². The SMILES string of the molecule is C=CCN(CC(=O)O)C(=O)CCC(CC)CCNC(=O)OCC1c2ccccc2-c2ccccc21. The van der Waals surface area contributed by atoms with Crippen LogP contribution in [0.4, 0.5) is 4.79 Å². The molecule has 0 saturated carbocycles. The Hall–Kier alpha value is -3.61. The smallest absolute Gasteiger partial charge is 0.407 e. The first-order chi connectivity index (χ1) is 16.9. The third-order valence-corrected chi connectivity index (χ3v) is 6.54. The summed E-state index contributed by atoms with van der Waals surface area (Å²) in [6, 6.07) is 16.4. The van der Waals surface area contributed by atoms with Crippen LogP contribution in [-0.4, -0.2) is 54.2 Å². The maximum atomic E-state index is 12.4. The quantitative estimate of drug-likeness (QED) is 0.403. The number of carboxylic acid groups (broad SMARTS) is 1. The van der Waals surface area contributed by atoms with Gasteiger partial charge in [0.2, 0.25) is 5.91 Å². The molecule has 0 radical (unpaired) electrons. The lowest BCUT2D eigenvalue weighted by Gasteiger charge is -2.21. The molecular weight excluding hydrogens is 444 g/mol. The number of benzene rings is 2. The van der Waals surface area contributed by atoms with E-state index in [9.17, 15) is 14.4 Å². The molecule has 35 heavy (non-hydrogen) atoms. The maximum Gasteiger partial charge on any atom is 0.407 e. The first-order valence-electron chi connectivity index (χ1n) is 12.1. The number of rotatable bonds is 13. The molecule has 1 atom stereocenters. The number of carbonyl (C=O) groups excluding carboxylic acids is 2. The Bertz CT molecular complexity index is 1010. The number of nitrogens with zero attached hydrogens (tertiary/aromatic N) is 1. The van der Waals surface area contributed by atoms with E-state index >= 15 is 0 Å². The van der Waals surface area contributed by atoms with Crippen LogP contribution in [0, 0.1) is 5.92 Å². The van der Waals surface area contributed by atoms with E-state index in [0.29, 0.717) is 19.4 Å². The summed E-state index contributed by atoms with van der Waals surface area (Å²) in [5, 5.41) is 11.8. The van der Waals surface area contributed by atoms with Crippen molar-refractivity contribution in [1.82, 2.24) is 10.2 Å². The summed E-state index contributed by atoms with van der Waals surface area (Å²) in [6.45, 7) is 6.24.